The predicted molar refractivity (Wildman–Crippen MR) is 79.6 cm³/mol. The standard InChI is InChI=1S/C15H15ClN2O/c1-2-19-18-15(11-6-4-3-5-7-11)13-10-12(16)8-9-14(13)17/h3-10H,2,17H2,1H3/b18-15+. The summed E-state index contributed by atoms with van der Waals surface area (Å²) >= 11 is 6.03. The quantitative estimate of drug-likeness (QED) is 0.525. The SMILES string of the molecule is CCO/N=C(\c1ccccc1)c1cc(Cl)ccc1N. The summed E-state index contributed by atoms with van der Waals surface area (Å²) in [5.41, 5.74) is 9.01. The second-order valence-corrected chi connectivity index (χ2v) is 4.39. The van der Waals surface area contributed by atoms with Gasteiger partial charge in [-0.1, -0.05) is 47.1 Å². The number of rotatable bonds is 4. The van der Waals surface area contributed by atoms with E-state index in [1.54, 1.807) is 18.2 Å². The molecule has 0 atom stereocenters. The minimum absolute atomic E-state index is 0.497. The first-order valence-electron chi connectivity index (χ1n) is 6.03. The maximum Gasteiger partial charge on any atom is 0.119 e. The number of oxime groups is 1. The van der Waals surface area contributed by atoms with Crippen molar-refractivity contribution in [2.75, 3.05) is 12.3 Å². The highest BCUT2D eigenvalue weighted by atomic mass is 35.5. The third kappa shape index (κ3) is 3.26. The van der Waals surface area contributed by atoms with Crippen molar-refractivity contribution in [3.05, 3.63) is 64.7 Å². The first-order valence-corrected chi connectivity index (χ1v) is 6.41. The van der Waals surface area contributed by atoms with E-state index in [-0.39, 0.29) is 0 Å². The predicted octanol–water partition coefficient (Wildman–Crippen LogP) is 3.71. The van der Waals surface area contributed by atoms with Crippen molar-refractivity contribution < 1.29 is 4.84 Å². The number of anilines is 1. The zero-order chi connectivity index (χ0) is 13.7. The lowest BCUT2D eigenvalue weighted by atomic mass is 10.0. The van der Waals surface area contributed by atoms with Gasteiger partial charge in [0.05, 0.1) is 0 Å². The Kier molecular flexibility index (Phi) is 4.42. The Morgan fingerprint density at radius 1 is 1.21 bits per heavy atom. The molecule has 0 spiro atoms. The van der Waals surface area contributed by atoms with Gasteiger partial charge in [0, 0.05) is 21.8 Å². The van der Waals surface area contributed by atoms with Crippen molar-refractivity contribution >= 4 is 23.0 Å². The number of hydrogen-bond acceptors (Lipinski definition) is 3. The molecule has 98 valence electrons. The van der Waals surface area contributed by atoms with Crippen LogP contribution in [0.1, 0.15) is 18.1 Å². The van der Waals surface area contributed by atoms with Gasteiger partial charge < -0.3 is 10.6 Å². The fourth-order valence-corrected chi connectivity index (χ4v) is 1.89. The van der Waals surface area contributed by atoms with Gasteiger partial charge in [0.1, 0.15) is 12.3 Å². The molecule has 2 aromatic rings. The monoisotopic (exact) mass is 274 g/mol. The van der Waals surface area contributed by atoms with Gasteiger partial charge in [0.15, 0.2) is 0 Å². The van der Waals surface area contributed by atoms with E-state index in [9.17, 15) is 0 Å². The number of halogens is 1. The number of nitrogens with two attached hydrogens (primary N) is 1. The normalized spacial score (nSPS) is 11.4. The fraction of sp³-hybridized carbons (Fsp3) is 0.133. The maximum atomic E-state index is 6.03. The number of hydrogen-bond donors (Lipinski definition) is 1. The molecule has 0 heterocycles. The smallest absolute Gasteiger partial charge is 0.119 e. The third-order valence-corrected chi connectivity index (χ3v) is 2.84. The number of nitrogens with zero attached hydrogens (tertiary/aromatic N) is 1. The van der Waals surface area contributed by atoms with Gasteiger partial charge in [-0.2, -0.15) is 0 Å². The molecular formula is C15H15ClN2O. The first-order chi connectivity index (χ1) is 9.22. The highest BCUT2D eigenvalue weighted by molar-refractivity contribution is 6.31. The molecule has 2 aromatic carbocycles. The fourth-order valence-electron chi connectivity index (χ4n) is 1.72. The van der Waals surface area contributed by atoms with E-state index < -0.39 is 0 Å². The maximum absolute atomic E-state index is 6.03. The van der Waals surface area contributed by atoms with Crippen LogP contribution < -0.4 is 5.73 Å². The van der Waals surface area contributed by atoms with E-state index in [1.807, 2.05) is 37.3 Å². The molecule has 0 amide bonds. The molecular weight excluding hydrogens is 260 g/mol. The lowest BCUT2D eigenvalue weighted by Gasteiger charge is -2.10. The van der Waals surface area contributed by atoms with E-state index in [0.717, 1.165) is 11.1 Å². The van der Waals surface area contributed by atoms with Crippen LogP contribution in [-0.2, 0) is 4.84 Å². The van der Waals surface area contributed by atoms with E-state index in [1.165, 1.54) is 0 Å². The Hall–Kier alpha value is -2.00. The Bertz CT molecular complexity index is 582. The summed E-state index contributed by atoms with van der Waals surface area (Å²) < 4.78 is 0. The van der Waals surface area contributed by atoms with Gasteiger partial charge in [-0.05, 0) is 25.1 Å². The minimum Gasteiger partial charge on any atom is -0.398 e. The van der Waals surface area contributed by atoms with E-state index in [0.29, 0.717) is 23.0 Å². The summed E-state index contributed by atoms with van der Waals surface area (Å²) in [4.78, 5) is 5.19. The average molecular weight is 275 g/mol. The Morgan fingerprint density at radius 3 is 2.63 bits per heavy atom. The molecule has 2 rings (SSSR count). The van der Waals surface area contributed by atoms with Gasteiger partial charge in [-0.25, -0.2) is 0 Å². The summed E-state index contributed by atoms with van der Waals surface area (Å²) in [6.45, 7) is 2.38. The van der Waals surface area contributed by atoms with E-state index in [4.69, 9.17) is 22.2 Å². The molecule has 0 aliphatic rings. The van der Waals surface area contributed by atoms with Crippen LogP contribution in [0, 0.1) is 0 Å². The minimum atomic E-state index is 0.497. The van der Waals surface area contributed by atoms with Gasteiger partial charge >= 0.3 is 0 Å². The average Bonchev–Trinajstić information content (AvgIpc) is 2.44. The zero-order valence-electron chi connectivity index (χ0n) is 10.6. The summed E-state index contributed by atoms with van der Waals surface area (Å²) in [6, 6.07) is 15.1. The second-order valence-electron chi connectivity index (χ2n) is 3.96. The lowest BCUT2D eigenvalue weighted by Crippen LogP contribution is -2.08. The van der Waals surface area contributed by atoms with Crippen LogP contribution in [0.3, 0.4) is 0 Å². The topological polar surface area (TPSA) is 47.6 Å². The van der Waals surface area contributed by atoms with Crippen LogP contribution in [0.5, 0.6) is 0 Å². The number of nitrogen functional groups attached to an aromatic ring is 1. The first kappa shape index (κ1) is 13.4. The van der Waals surface area contributed by atoms with Crippen molar-refractivity contribution in [3.8, 4) is 0 Å². The molecule has 0 saturated heterocycles. The molecule has 0 unspecified atom stereocenters. The molecule has 4 heteroatoms. The summed E-state index contributed by atoms with van der Waals surface area (Å²) in [7, 11) is 0. The molecule has 0 aliphatic carbocycles. The van der Waals surface area contributed by atoms with E-state index >= 15 is 0 Å². The molecule has 0 fully saturated rings. The molecule has 0 bridgehead atoms. The zero-order valence-corrected chi connectivity index (χ0v) is 11.4. The Labute approximate surface area is 117 Å². The van der Waals surface area contributed by atoms with Crippen LogP contribution in [0.25, 0.3) is 0 Å². The molecule has 19 heavy (non-hydrogen) atoms. The van der Waals surface area contributed by atoms with Crippen LogP contribution in [0.4, 0.5) is 5.69 Å². The molecule has 0 aliphatic heterocycles. The lowest BCUT2D eigenvalue weighted by molar-refractivity contribution is 0.159. The van der Waals surface area contributed by atoms with Crippen molar-refractivity contribution in [1.29, 1.82) is 0 Å². The highest BCUT2D eigenvalue weighted by Gasteiger charge is 2.11. The molecule has 0 radical (unpaired) electrons. The summed E-state index contributed by atoms with van der Waals surface area (Å²) in [5, 5.41) is 4.78. The largest absolute Gasteiger partial charge is 0.398 e. The van der Waals surface area contributed by atoms with Crippen molar-refractivity contribution in [1.82, 2.24) is 0 Å². The third-order valence-electron chi connectivity index (χ3n) is 2.60. The second kappa shape index (κ2) is 6.25. The van der Waals surface area contributed by atoms with Crippen LogP contribution >= 0.6 is 11.6 Å². The Morgan fingerprint density at radius 2 is 1.95 bits per heavy atom. The molecule has 0 saturated carbocycles. The summed E-state index contributed by atoms with van der Waals surface area (Å²) in [5.74, 6) is 0. The van der Waals surface area contributed by atoms with Gasteiger partial charge in [-0.3, -0.25) is 0 Å². The van der Waals surface area contributed by atoms with Crippen molar-refractivity contribution in [2.45, 2.75) is 6.92 Å². The number of benzene rings is 2. The molecule has 0 aromatic heterocycles. The van der Waals surface area contributed by atoms with Gasteiger partial charge in [0.25, 0.3) is 0 Å². The van der Waals surface area contributed by atoms with Gasteiger partial charge in [0.2, 0.25) is 0 Å². The van der Waals surface area contributed by atoms with Crippen molar-refractivity contribution in [3.63, 3.8) is 0 Å². The van der Waals surface area contributed by atoms with E-state index in [2.05, 4.69) is 5.16 Å². The van der Waals surface area contributed by atoms with Crippen LogP contribution in [-0.4, -0.2) is 12.3 Å². The molecule has 3 nitrogen and oxygen atoms in total. The van der Waals surface area contributed by atoms with Crippen LogP contribution in [0.15, 0.2) is 53.7 Å². The van der Waals surface area contributed by atoms with Crippen LogP contribution in [0.2, 0.25) is 5.02 Å². The summed E-state index contributed by atoms with van der Waals surface area (Å²) in [6.07, 6.45) is 0. The van der Waals surface area contributed by atoms with Gasteiger partial charge in [-0.15, -0.1) is 0 Å². The highest BCUT2D eigenvalue weighted by Crippen LogP contribution is 2.22. The van der Waals surface area contributed by atoms with Crippen molar-refractivity contribution in [2.24, 2.45) is 5.16 Å². The Balaban J connectivity index is 2.52. The molecule has 2 N–H and O–H groups in total.